The van der Waals surface area contributed by atoms with E-state index in [9.17, 15) is 4.79 Å². The predicted molar refractivity (Wildman–Crippen MR) is 90.8 cm³/mol. The molecule has 3 aromatic rings. The highest BCUT2D eigenvalue weighted by atomic mass is 16.3. The van der Waals surface area contributed by atoms with Crippen LogP contribution in [0.25, 0.3) is 11.5 Å². The van der Waals surface area contributed by atoms with Gasteiger partial charge in [0.15, 0.2) is 17.4 Å². The maximum absolute atomic E-state index is 11.9. The van der Waals surface area contributed by atoms with Gasteiger partial charge in [0.05, 0.1) is 6.26 Å². The number of aromatic nitrogens is 3. The predicted octanol–water partition coefficient (Wildman–Crippen LogP) is 3.52. The van der Waals surface area contributed by atoms with Gasteiger partial charge in [-0.05, 0) is 37.6 Å². The summed E-state index contributed by atoms with van der Waals surface area (Å²) >= 11 is 0. The summed E-state index contributed by atoms with van der Waals surface area (Å²) in [6, 6.07) is 10.9. The van der Waals surface area contributed by atoms with Gasteiger partial charge in [-0.15, -0.1) is 0 Å². The minimum absolute atomic E-state index is 0.00911. The van der Waals surface area contributed by atoms with Crippen molar-refractivity contribution >= 4 is 11.6 Å². The van der Waals surface area contributed by atoms with E-state index in [1.165, 1.54) is 6.26 Å². The van der Waals surface area contributed by atoms with Crippen LogP contribution in [-0.2, 0) is 0 Å². The fraction of sp³-hybridized carbons (Fsp3) is 0.222. The molecule has 0 aliphatic heterocycles. The van der Waals surface area contributed by atoms with Gasteiger partial charge >= 0.3 is 0 Å². The van der Waals surface area contributed by atoms with Gasteiger partial charge in [0, 0.05) is 30.9 Å². The molecule has 122 valence electrons. The molecule has 3 aromatic heterocycles. The zero-order valence-corrected chi connectivity index (χ0v) is 13.4. The van der Waals surface area contributed by atoms with Crippen LogP contribution in [-0.4, -0.2) is 27.3 Å². The van der Waals surface area contributed by atoms with Gasteiger partial charge in [0.1, 0.15) is 11.5 Å². The Kier molecular flexibility index (Phi) is 4.96. The molecule has 0 unspecified atom stereocenters. The van der Waals surface area contributed by atoms with Crippen molar-refractivity contribution in [1.29, 1.82) is 0 Å². The molecule has 24 heavy (non-hydrogen) atoms. The molecule has 6 heteroatoms. The number of anilines is 1. The molecule has 0 aliphatic carbocycles. The molecule has 0 aliphatic rings. The van der Waals surface area contributed by atoms with Crippen LogP contribution < -0.4 is 5.32 Å². The normalized spacial score (nSPS) is 10.5. The lowest BCUT2D eigenvalue weighted by Gasteiger charge is -2.08. The monoisotopic (exact) mass is 322 g/mol. The van der Waals surface area contributed by atoms with Crippen molar-refractivity contribution in [1.82, 2.24) is 15.0 Å². The number of nitrogens with zero attached hydrogens (tertiary/aromatic N) is 3. The highest BCUT2D eigenvalue weighted by Crippen LogP contribution is 2.15. The summed E-state index contributed by atoms with van der Waals surface area (Å²) in [5, 5.41) is 3.23. The number of ketones is 1. The Morgan fingerprint density at radius 3 is 2.88 bits per heavy atom. The van der Waals surface area contributed by atoms with Crippen molar-refractivity contribution in [2.75, 3.05) is 11.9 Å². The molecule has 0 atom stereocenters. The molecule has 0 bridgehead atoms. The summed E-state index contributed by atoms with van der Waals surface area (Å²) in [6.07, 6.45) is 4.35. The molecule has 0 saturated carbocycles. The first kappa shape index (κ1) is 15.9. The maximum Gasteiger partial charge on any atom is 0.198 e. The van der Waals surface area contributed by atoms with E-state index in [0.717, 1.165) is 17.2 Å². The number of carbonyl (C=O) groups excluding carboxylic acids is 1. The van der Waals surface area contributed by atoms with E-state index in [-0.39, 0.29) is 5.78 Å². The fourth-order valence-corrected chi connectivity index (χ4v) is 2.29. The standard InChI is InChI=1S/C18H18N4O2/c1-13-12-17(22-18(21-13)14-6-2-3-9-19-14)20-10-4-7-15(23)16-8-5-11-24-16/h2-3,5-6,8-9,11-12H,4,7,10H2,1H3,(H,20,21,22). The fourth-order valence-electron chi connectivity index (χ4n) is 2.29. The summed E-state index contributed by atoms with van der Waals surface area (Å²) in [6.45, 7) is 2.56. The van der Waals surface area contributed by atoms with E-state index in [4.69, 9.17) is 4.42 Å². The lowest BCUT2D eigenvalue weighted by atomic mass is 10.2. The molecule has 6 nitrogen and oxygen atoms in total. The number of hydrogen-bond acceptors (Lipinski definition) is 6. The molecule has 3 heterocycles. The topological polar surface area (TPSA) is 80.9 Å². The lowest BCUT2D eigenvalue weighted by molar-refractivity contribution is 0.0954. The second kappa shape index (κ2) is 7.50. The molecule has 0 spiro atoms. The van der Waals surface area contributed by atoms with E-state index in [1.807, 2.05) is 31.2 Å². The van der Waals surface area contributed by atoms with Gasteiger partial charge in [-0.1, -0.05) is 6.07 Å². The van der Waals surface area contributed by atoms with Crippen molar-refractivity contribution in [2.24, 2.45) is 0 Å². The van der Waals surface area contributed by atoms with Gasteiger partial charge in [-0.3, -0.25) is 9.78 Å². The summed E-state index contributed by atoms with van der Waals surface area (Å²) in [5.41, 5.74) is 1.59. The Morgan fingerprint density at radius 1 is 1.21 bits per heavy atom. The Morgan fingerprint density at radius 2 is 2.12 bits per heavy atom. The van der Waals surface area contributed by atoms with Gasteiger partial charge < -0.3 is 9.73 Å². The third-order valence-corrected chi connectivity index (χ3v) is 3.43. The Balaban J connectivity index is 1.57. The lowest BCUT2D eigenvalue weighted by Crippen LogP contribution is -2.08. The van der Waals surface area contributed by atoms with Gasteiger partial charge in [-0.2, -0.15) is 0 Å². The van der Waals surface area contributed by atoms with Crippen LogP contribution in [0.15, 0.2) is 53.3 Å². The summed E-state index contributed by atoms with van der Waals surface area (Å²) in [5.74, 6) is 1.73. The minimum atomic E-state index is 0.00911. The number of nitrogens with one attached hydrogen (secondary N) is 1. The largest absolute Gasteiger partial charge is 0.461 e. The van der Waals surface area contributed by atoms with Gasteiger partial charge in [0.25, 0.3) is 0 Å². The van der Waals surface area contributed by atoms with Crippen molar-refractivity contribution in [3.8, 4) is 11.5 Å². The average Bonchev–Trinajstić information content (AvgIpc) is 3.14. The van der Waals surface area contributed by atoms with Crippen molar-refractivity contribution in [3.05, 3.63) is 60.3 Å². The van der Waals surface area contributed by atoms with Crippen LogP contribution in [0.5, 0.6) is 0 Å². The molecule has 0 saturated heterocycles. The third kappa shape index (κ3) is 4.04. The number of furan rings is 1. The van der Waals surface area contributed by atoms with E-state index in [0.29, 0.717) is 31.0 Å². The first-order valence-corrected chi connectivity index (χ1v) is 7.80. The first-order chi connectivity index (χ1) is 11.7. The van der Waals surface area contributed by atoms with Crippen LogP contribution in [0, 0.1) is 6.92 Å². The Labute approximate surface area is 140 Å². The number of carbonyl (C=O) groups is 1. The number of rotatable bonds is 7. The first-order valence-electron chi connectivity index (χ1n) is 7.80. The SMILES string of the molecule is Cc1cc(NCCCC(=O)c2ccco2)nc(-c2ccccn2)n1. The molecule has 0 aromatic carbocycles. The second-order valence-electron chi connectivity index (χ2n) is 5.36. The molecule has 0 amide bonds. The Hall–Kier alpha value is -3.02. The number of hydrogen-bond donors (Lipinski definition) is 1. The van der Waals surface area contributed by atoms with E-state index in [1.54, 1.807) is 18.3 Å². The molecule has 0 radical (unpaired) electrons. The zero-order chi connectivity index (χ0) is 16.8. The molecular weight excluding hydrogens is 304 g/mol. The van der Waals surface area contributed by atoms with Crippen LogP contribution in [0.1, 0.15) is 29.1 Å². The summed E-state index contributed by atoms with van der Waals surface area (Å²) < 4.78 is 5.09. The molecular formula is C18H18N4O2. The summed E-state index contributed by atoms with van der Waals surface area (Å²) in [4.78, 5) is 25.0. The van der Waals surface area contributed by atoms with Crippen LogP contribution in [0.2, 0.25) is 0 Å². The van der Waals surface area contributed by atoms with Crippen LogP contribution in [0.4, 0.5) is 5.82 Å². The van der Waals surface area contributed by atoms with E-state index >= 15 is 0 Å². The van der Waals surface area contributed by atoms with Crippen molar-refractivity contribution < 1.29 is 9.21 Å². The average molecular weight is 322 g/mol. The number of Topliss-reactive ketones (excluding diaryl/α,β-unsaturated/α-hetero) is 1. The highest BCUT2D eigenvalue weighted by Gasteiger charge is 2.09. The number of pyridine rings is 1. The van der Waals surface area contributed by atoms with E-state index < -0.39 is 0 Å². The maximum atomic E-state index is 11.9. The molecule has 3 rings (SSSR count). The van der Waals surface area contributed by atoms with Crippen molar-refractivity contribution in [3.63, 3.8) is 0 Å². The van der Waals surface area contributed by atoms with Gasteiger partial charge in [0.2, 0.25) is 0 Å². The smallest absolute Gasteiger partial charge is 0.198 e. The zero-order valence-electron chi connectivity index (χ0n) is 13.4. The second-order valence-corrected chi connectivity index (χ2v) is 5.36. The van der Waals surface area contributed by atoms with E-state index in [2.05, 4.69) is 20.3 Å². The Bertz CT molecular complexity index is 801. The van der Waals surface area contributed by atoms with Gasteiger partial charge in [-0.25, -0.2) is 9.97 Å². The van der Waals surface area contributed by atoms with Crippen LogP contribution >= 0.6 is 0 Å². The third-order valence-electron chi connectivity index (χ3n) is 3.43. The minimum Gasteiger partial charge on any atom is -0.461 e. The summed E-state index contributed by atoms with van der Waals surface area (Å²) in [7, 11) is 0. The molecule has 1 N–H and O–H groups in total. The quantitative estimate of drug-likeness (QED) is 0.529. The molecule has 0 fully saturated rings. The van der Waals surface area contributed by atoms with Crippen molar-refractivity contribution in [2.45, 2.75) is 19.8 Å². The number of aryl methyl sites for hydroxylation is 1. The highest BCUT2D eigenvalue weighted by molar-refractivity contribution is 5.93. The van der Waals surface area contributed by atoms with Crippen LogP contribution in [0.3, 0.4) is 0 Å².